The van der Waals surface area contributed by atoms with Crippen LogP contribution in [0.1, 0.15) is 30.5 Å². The number of carbonyl (C=O) groups is 1. The number of aryl methyl sites for hydroxylation is 2. The Morgan fingerprint density at radius 1 is 1.07 bits per heavy atom. The molecule has 1 fully saturated rings. The summed E-state index contributed by atoms with van der Waals surface area (Å²) in [4.78, 5) is 26.5. The van der Waals surface area contributed by atoms with Crippen LogP contribution in [0.3, 0.4) is 0 Å². The molecule has 0 N–H and O–H groups in total. The number of likely N-dealkylation sites (tertiary alicyclic amines) is 1. The van der Waals surface area contributed by atoms with Gasteiger partial charge in [0.15, 0.2) is 0 Å². The molecule has 1 saturated heterocycles. The summed E-state index contributed by atoms with van der Waals surface area (Å²) in [5.41, 5.74) is 1.77. The van der Waals surface area contributed by atoms with Crippen molar-refractivity contribution in [1.29, 1.82) is 0 Å². The van der Waals surface area contributed by atoms with Crippen LogP contribution in [-0.2, 0) is 18.3 Å². The SMILES string of the molecule is COc1ccc(CCC(=O)N2CCC(Oc3cc(C)n(C)c(=O)c3)CC2)c(OC)c1. The molecule has 0 spiro atoms. The number of pyridine rings is 1. The summed E-state index contributed by atoms with van der Waals surface area (Å²) >= 11 is 0. The second kappa shape index (κ2) is 9.69. The fraction of sp³-hybridized carbons (Fsp3) is 0.478. The van der Waals surface area contributed by atoms with Crippen molar-refractivity contribution >= 4 is 5.91 Å². The molecule has 1 aromatic carbocycles. The van der Waals surface area contributed by atoms with E-state index < -0.39 is 0 Å². The van der Waals surface area contributed by atoms with Crippen LogP contribution in [0.5, 0.6) is 17.2 Å². The number of ether oxygens (including phenoxy) is 3. The van der Waals surface area contributed by atoms with Crippen molar-refractivity contribution in [2.45, 2.75) is 38.7 Å². The first kappa shape index (κ1) is 21.7. The van der Waals surface area contributed by atoms with Crippen molar-refractivity contribution in [2.24, 2.45) is 7.05 Å². The lowest BCUT2D eigenvalue weighted by atomic mass is 10.0. The number of methoxy groups -OCH3 is 2. The van der Waals surface area contributed by atoms with Crippen molar-refractivity contribution < 1.29 is 19.0 Å². The minimum Gasteiger partial charge on any atom is -0.497 e. The molecule has 0 aliphatic carbocycles. The Bertz CT molecular complexity index is 945. The summed E-state index contributed by atoms with van der Waals surface area (Å²) in [6.45, 7) is 3.20. The molecule has 7 heteroatoms. The van der Waals surface area contributed by atoms with Crippen LogP contribution in [0.15, 0.2) is 35.1 Å². The number of carbonyl (C=O) groups excluding carboxylic acids is 1. The van der Waals surface area contributed by atoms with Crippen LogP contribution in [-0.4, -0.2) is 48.8 Å². The van der Waals surface area contributed by atoms with Crippen LogP contribution in [0, 0.1) is 6.92 Å². The van der Waals surface area contributed by atoms with Crippen molar-refractivity contribution in [3.8, 4) is 17.2 Å². The number of nitrogens with zero attached hydrogens (tertiary/aromatic N) is 2. The predicted molar refractivity (Wildman–Crippen MR) is 115 cm³/mol. The zero-order valence-electron chi connectivity index (χ0n) is 18.1. The maximum absolute atomic E-state index is 12.7. The van der Waals surface area contributed by atoms with Gasteiger partial charge in [0.25, 0.3) is 5.56 Å². The molecule has 1 aliphatic rings. The van der Waals surface area contributed by atoms with Gasteiger partial charge in [-0.3, -0.25) is 9.59 Å². The molecule has 7 nitrogen and oxygen atoms in total. The topological polar surface area (TPSA) is 70.0 Å². The highest BCUT2D eigenvalue weighted by molar-refractivity contribution is 5.76. The van der Waals surface area contributed by atoms with Crippen LogP contribution in [0.4, 0.5) is 0 Å². The Balaban J connectivity index is 1.50. The first-order valence-electron chi connectivity index (χ1n) is 10.2. The molecule has 1 aliphatic heterocycles. The first-order chi connectivity index (χ1) is 14.4. The number of benzene rings is 1. The maximum Gasteiger partial charge on any atom is 0.254 e. The Hall–Kier alpha value is -2.96. The highest BCUT2D eigenvalue weighted by Crippen LogP contribution is 2.26. The van der Waals surface area contributed by atoms with Gasteiger partial charge in [0.2, 0.25) is 5.91 Å². The lowest BCUT2D eigenvalue weighted by Gasteiger charge is -2.32. The summed E-state index contributed by atoms with van der Waals surface area (Å²) in [6.07, 6.45) is 2.58. The van der Waals surface area contributed by atoms with Gasteiger partial charge in [-0.05, 0) is 31.0 Å². The number of hydrogen-bond donors (Lipinski definition) is 0. The van der Waals surface area contributed by atoms with Gasteiger partial charge in [-0.15, -0.1) is 0 Å². The van der Waals surface area contributed by atoms with Crippen LogP contribution >= 0.6 is 0 Å². The van der Waals surface area contributed by atoms with E-state index in [0.29, 0.717) is 31.7 Å². The molecule has 0 unspecified atom stereocenters. The van der Waals surface area contributed by atoms with Crippen molar-refractivity contribution in [2.75, 3.05) is 27.3 Å². The minimum atomic E-state index is -0.0772. The van der Waals surface area contributed by atoms with Gasteiger partial charge >= 0.3 is 0 Å². The first-order valence-corrected chi connectivity index (χ1v) is 10.2. The maximum atomic E-state index is 12.7. The molecule has 162 valence electrons. The van der Waals surface area contributed by atoms with Gasteiger partial charge in [-0.1, -0.05) is 6.07 Å². The minimum absolute atomic E-state index is 0.0160. The van der Waals surface area contributed by atoms with E-state index in [9.17, 15) is 9.59 Å². The van der Waals surface area contributed by atoms with Gasteiger partial charge in [0.05, 0.1) is 14.2 Å². The van der Waals surface area contributed by atoms with Gasteiger partial charge in [-0.2, -0.15) is 0 Å². The number of rotatable bonds is 7. The fourth-order valence-corrected chi connectivity index (χ4v) is 3.68. The van der Waals surface area contributed by atoms with Crippen LogP contribution < -0.4 is 19.8 Å². The van der Waals surface area contributed by atoms with E-state index in [1.165, 1.54) is 6.07 Å². The molecule has 0 bridgehead atoms. The van der Waals surface area contributed by atoms with E-state index in [-0.39, 0.29) is 17.6 Å². The van der Waals surface area contributed by atoms with E-state index >= 15 is 0 Å². The van der Waals surface area contributed by atoms with Crippen molar-refractivity contribution in [3.05, 3.63) is 51.9 Å². The number of piperidine rings is 1. The molecular weight excluding hydrogens is 384 g/mol. The zero-order valence-corrected chi connectivity index (χ0v) is 18.1. The molecule has 1 amide bonds. The van der Waals surface area contributed by atoms with E-state index in [0.717, 1.165) is 35.6 Å². The predicted octanol–water partition coefficient (Wildman–Crippen LogP) is 2.71. The fourth-order valence-electron chi connectivity index (χ4n) is 3.68. The molecule has 2 heterocycles. The van der Waals surface area contributed by atoms with Crippen molar-refractivity contribution in [3.63, 3.8) is 0 Å². The van der Waals surface area contributed by atoms with Crippen molar-refractivity contribution in [1.82, 2.24) is 9.47 Å². The Kier molecular flexibility index (Phi) is 7.03. The third-order valence-corrected chi connectivity index (χ3v) is 5.68. The standard InChI is InChI=1S/C23H30N2O5/c1-16-13-20(15-23(27)24(16)2)30-18-9-11-25(12-10-18)22(26)8-6-17-5-7-19(28-3)14-21(17)29-4/h5,7,13-15,18H,6,8-12H2,1-4H3. The normalized spacial score (nSPS) is 14.5. The van der Waals surface area contributed by atoms with Crippen LogP contribution in [0.25, 0.3) is 0 Å². The Morgan fingerprint density at radius 3 is 2.43 bits per heavy atom. The van der Waals surface area contributed by atoms with E-state index in [1.807, 2.05) is 36.1 Å². The molecule has 3 rings (SSSR count). The zero-order chi connectivity index (χ0) is 21.7. The molecular formula is C23H30N2O5. The molecule has 2 aromatic rings. The summed E-state index contributed by atoms with van der Waals surface area (Å²) in [6, 6.07) is 9.05. The number of hydrogen-bond acceptors (Lipinski definition) is 5. The lowest BCUT2D eigenvalue weighted by molar-refractivity contribution is -0.132. The second-order valence-electron chi connectivity index (χ2n) is 7.61. The van der Waals surface area contributed by atoms with Gasteiger partial charge in [-0.25, -0.2) is 0 Å². The van der Waals surface area contributed by atoms with E-state index in [2.05, 4.69) is 0 Å². The average molecular weight is 415 g/mol. The molecule has 30 heavy (non-hydrogen) atoms. The summed E-state index contributed by atoms with van der Waals surface area (Å²) in [5.74, 6) is 2.21. The van der Waals surface area contributed by atoms with E-state index in [1.54, 1.807) is 25.8 Å². The van der Waals surface area contributed by atoms with Gasteiger partial charge in [0, 0.05) is 57.2 Å². The molecule has 0 saturated carbocycles. The number of amides is 1. The smallest absolute Gasteiger partial charge is 0.254 e. The largest absolute Gasteiger partial charge is 0.497 e. The quantitative estimate of drug-likeness (QED) is 0.697. The second-order valence-corrected chi connectivity index (χ2v) is 7.61. The third kappa shape index (κ3) is 5.14. The average Bonchev–Trinajstić information content (AvgIpc) is 2.76. The summed E-state index contributed by atoms with van der Waals surface area (Å²) in [5, 5.41) is 0. The third-order valence-electron chi connectivity index (χ3n) is 5.68. The molecule has 1 aromatic heterocycles. The Morgan fingerprint density at radius 2 is 1.80 bits per heavy atom. The number of aromatic nitrogens is 1. The lowest BCUT2D eigenvalue weighted by Crippen LogP contribution is -2.42. The highest BCUT2D eigenvalue weighted by Gasteiger charge is 2.24. The highest BCUT2D eigenvalue weighted by atomic mass is 16.5. The monoisotopic (exact) mass is 414 g/mol. The summed E-state index contributed by atoms with van der Waals surface area (Å²) in [7, 11) is 4.98. The van der Waals surface area contributed by atoms with Gasteiger partial charge in [0.1, 0.15) is 23.4 Å². The van der Waals surface area contributed by atoms with Crippen LogP contribution in [0.2, 0.25) is 0 Å². The molecule has 0 atom stereocenters. The van der Waals surface area contributed by atoms with E-state index in [4.69, 9.17) is 14.2 Å². The molecule has 0 radical (unpaired) electrons. The summed E-state index contributed by atoms with van der Waals surface area (Å²) < 4.78 is 18.2. The Labute approximate surface area is 177 Å². The van der Waals surface area contributed by atoms with Gasteiger partial charge < -0.3 is 23.7 Å².